The molecule has 2 rings (SSSR count). The molecule has 26 heavy (non-hydrogen) atoms. The summed E-state index contributed by atoms with van der Waals surface area (Å²) in [7, 11) is -3.66. The van der Waals surface area contributed by atoms with Gasteiger partial charge in [-0.15, -0.1) is 0 Å². The second kappa shape index (κ2) is 8.39. The van der Waals surface area contributed by atoms with Crippen LogP contribution in [0.15, 0.2) is 41.3 Å². The van der Waals surface area contributed by atoms with Gasteiger partial charge in [0.2, 0.25) is 10.0 Å². The molecular formula is C18H20Cl2N2O3S. The summed E-state index contributed by atoms with van der Waals surface area (Å²) in [4.78, 5) is 12.7. The van der Waals surface area contributed by atoms with Gasteiger partial charge in [-0.1, -0.05) is 43.1 Å². The Bertz CT molecular complexity index is 926. The number of amides is 1. The van der Waals surface area contributed by atoms with E-state index >= 15 is 0 Å². The molecule has 0 unspecified atom stereocenters. The lowest BCUT2D eigenvalue weighted by Crippen LogP contribution is -2.31. The Morgan fingerprint density at radius 1 is 1.08 bits per heavy atom. The molecule has 0 aliphatic rings. The molecule has 1 amide bonds. The average molecular weight is 415 g/mol. The highest BCUT2D eigenvalue weighted by Crippen LogP contribution is 2.27. The van der Waals surface area contributed by atoms with E-state index in [2.05, 4.69) is 5.32 Å². The van der Waals surface area contributed by atoms with Gasteiger partial charge in [0.15, 0.2) is 0 Å². The Kier molecular flexibility index (Phi) is 6.69. The molecule has 0 atom stereocenters. The van der Waals surface area contributed by atoms with Gasteiger partial charge >= 0.3 is 0 Å². The van der Waals surface area contributed by atoms with E-state index in [1.165, 1.54) is 16.4 Å². The number of nitrogens with zero attached hydrogens (tertiary/aromatic N) is 1. The fourth-order valence-corrected chi connectivity index (χ4v) is 4.67. The van der Waals surface area contributed by atoms with E-state index in [-0.39, 0.29) is 10.5 Å². The molecule has 0 aromatic heterocycles. The van der Waals surface area contributed by atoms with Gasteiger partial charge in [0.1, 0.15) is 0 Å². The van der Waals surface area contributed by atoms with E-state index in [9.17, 15) is 13.2 Å². The Labute approximate surface area is 164 Å². The standard InChI is InChI=1S/C18H20Cl2N2O3S/c1-4-22(5-2)26(24,25)17-10-13(7-6-12(17)3)18(23)21-16-9-8-14(19)11-15(16)20/h6-11H,4-5H2,1-3H3,(H,21,23). The molecule has 2 aromatic carbocycles. The predicted molar refractivity (Wildman–Crippen MR) is 106 cm³/mol. The van der Waals surface area contributed by atoms with Crippen molar-refractivity contribution in [1.82, 2.24) is 4.31 Å². The lowest BCUT2D eigenvalue weighted by atomic mass is 10.1. The van der Waals surface area contributed by atoms with Crippen LogP contribution in [0, 0.1) is 6.92 Å². The molecule has 5 nitrogen and oxygen atoms in total. The Balaban J connectivity index is 2.38. The number of hydrogen-bond donors (Lipinski definition) is 1. The summed E-state index contributed by atoms with van der Waals surface area (Å²) in [5, 5.41) is 3.43. The molecule has 1 N–H and O–H groups in total. The molecule has 0 saturated carbocycles. The predicted octanol–water partition coefficient (Wildman–Crippen LogP) is 4.58. The molecule has 140 valence electrons. The van der Waals surface area contributed by atoms with Crippen LogP contribution in [0.4, 0.5) is 5.69 Å². The zero-order chi connectivity index (χ0) is 19.5. The van der Waals surface area contributed by atoms with Crippen molar-refractivity contribution in [2.24, 2.45) is 0 Å². The highest BCUT2D eigenvalue weighted by Gasteiger charge is 2.24. The summed E-state index contributed by atoms with van der Waals surface area (Å²) in [6.07, 6.45) is 0. The lowest BCUT2D eigenvalue weighted by Gasteiger charge is -2.20. The molecule has 0 aliphatic heterocycles. The summed E-state index contributed by atoms with van der Waals surface area (Å²) in [6, 6.07) is 9.30. The van der Waals surface area contributed by atoms with Crippen LogP contribution in [0.3, 0.4) is 0 Å². The summed E-state index contributed by atoms with van der Waals surface area (Å²) in [5.74, 6) is -0.454. The third-order valence-corrected chi connectivity index (χ3v) is 6.69. The van der Waals surface area contributed by atoms with Crippen LogP contribution in [0.1, 0.15) is 29.8 Å². The monoisotopic (exact) mass is 414 g/mol. The average Bonchev–Trinajstić information content (AvgIpc) is 2.58. The van der Waals surface area contributed by atoms with E-state index in [0.29, 0.717) is 34.4 Å². The van der Waals surface area contributed by atoms with Gasteiger partial charge in [-0.2, -0.15) is 4.31 Å². The third kappa shape index (κ3) is 4.38. The second-order valence-electron chi connectivity index (χ2n) is 5.65. The SMILES string of the molecule is CCN(CC)S(=O)(=O)c1cc(C(=O)Nc2ccc(Cl)cc2Cl)ccc1C. The third-order valence-electron chi connectivity index (χ3n) is 3.95. The maximum Gasteiger partial charge on any atom is 0.255 e. The van der Waals surface area contributed by atoms with Crippen LogP contribution in [0.25, 0.3) is 0 Å². The van der Waals surface area contributed by atoms with Crippen LogP contribution >= 0.6 is 23.2 Å². The first-order chi connectivity index (χ1) is 12.2. The minimum Gasteiger partial charge on any atom is -0.321 e. The normalized spacial score (nSPS) is 11.6. The van der Waals surface area contributed by atoms with Crippen LogP contribution in [-0.4, -0.2) is 31.7 Å². The number of benzene rings is 2. The number of sulfonamides is 1. The zero-order valence-corrected chi connectivity index (χ0v) is 17.0. The molecule has 0 bridgehead atoms. The number of nitrogens with one attached hydrogen (secondary N) is 1. The van der Waals surface area contributed by atoms with Crippen molar-refractivity contribution in [2.45, 2.75) is 25.7 Å². The number of rotatable bonds is 6. The molecule has 8 heteroatoms. The Morgan fingerprint density at radius 2 is 1.73 bits per heavy atom. The van der Waals surface area contributed by atoms with Gasteiger partial charge < -0.3 is 5.32 Å². The van der Waals surface area contributed by atoms with E-state index in [4.69, 9.17) is 23.2 Å². The van der Waals surface area contributed by atoms with Gasteiger partial charge in [-0.3, -0.25) is 4.79 Å². The van der Waals surface area contributed by atoms with Crippen LogP contribution < -0.4 is 5.32 Å². The second-order valence-corrected chi connectivity index (χ2v) is 8.40. The maximum absolute atomic E-state index is 12.8. The number of aryl methyl sites for hydroxylation is 1. The molecule has 0 aliphatic carbocycles. The fourth-order valence-electron chi connectivity index (χ4n) is 2.51. The van der Waals surface area contributed by atoms with Crippen LogP contribution in [-0.2, 0) is 10.0 Å². The first kappa shape index (κ1) is 20.7. The molecule has 0 radical (unpaired) electrons. The minimum absolute atomic E-state index is 0.121. The van der Waals surface area contributed by atoms with E-state index in [1.807, 2.05) is 0 Å². The molecule has 0 fully saturated rings. The summed E-state index contributed by atoms with van der Waals surface area (Å²) in [6.45, 7) is 5.96. The van der Waals surface area contributed by atoms with Crippen LogP contribution in [0.5, 0.6) is 0 Å². The summed E-state index contributed by atoms with van der Waals surface area (Å²) >= 11 is 11.9. The van der Waals surface area contributed by atoms with Gasteiger partial charge in [-0.25, -0.2) is 8.42 Å². The number of anilines is 1. The highest BCUT2D eigenvalue weighted by molar-refractivity contribution is 7.89. The van der Waals surface area contributed by atoms with Crippen molar-refractivity contribution >= 4 is 44.8 Å². The van der Waals surface area contributed by atoms with Gasteiger partial charge in [0.25, 0.3) is 5.91 Å². The fraction of sp³-hybridized carbons (Fsp3) is 0.278. The smallest absolute Gasteiger partial charge is 0.255 e. The number of carbonyl (C=O) groups is 1. The van der Waals surface area contributed by atoms with Gasteiger partial charge in [0.05, 0.1) is 15.6 Å². The summed E-state index contributed by atoms with van der Waals surface area (Å²) in [5.41, 5.74) is 1.21. The minimum atomic E-state index is -3.66. The van der Waals surface area contributed by atoms with Crippen molar-refractivity contribution in [3.05, 3.63) is 57.6 Å². The van der Waals surface area contributed by atoms with Crippen LogP contribution in [0.2, 0.25) is 10.0 Å². The van der Waals surface area contributed by atoms with Crippen molar-refractivity contribution in [2.75, 3.05) is 18.4 Å². The lowest BCUT2D eigenvalue weighted by molar-refractivity contribution is 0.102. The largest absolute Gasteiger partial charge is 0.321 e. The zero-order valence-electron chi connectivity index (χ0n) is 14.7. The summed E-state index contributed by atoms with van der Waals surface area (Å²) < 4.78 is 27.0. The Hall–Kier alpha value is -1.60. The molecule has 0 spiro atoms. The highest BCUT2D eigenvalue weighted by atomic mass is 35.5. The van der Waals surface area contributed by atoms with Gasteiger partial charge in [-0.05, 0) is 42.8 Å². The van der Waals surface area contributed by atoms with E-state index < -0.39 is 15.9 Å². The molecule has 0 heterocycles. The first-order valence-electron chi connectivity index (χ1n) is 8.07. The maximum atomic E-state index is 12.8. The van der Waals surface area contributed by atoms with E-state index in [0.717, 1.165) is 0 Å². The first-order valence-corrected chi connectivity index (χ1v) is 10.3. The van der Waals surface area contributed by atoms with E-state index in [1.54, 1.807) is 45.0 Å². The number of halogens is 2. The van der Waals surface area contributed by atoms with Crippen molar-refractivity contribution < 1.29 is 13.2 Å². The molecule has 2 aromatic rings. The van der Waals surface area contributed by atoms with Crippen molar-refractivity contribution in [3.8, 4) is 0 Å². The Morgan fingerprint density at radius 3 is 2.31 bits per heavy atom. The molecule has 0 saturated heterocycles. The molecular weight excluding hydrogens is 395 g/mol. The number of hydrogen-bond acceptors (Lipinski definition) is 3. The van der Waals surface area contributed by atoms with Crippen molar-refractivity contribution in [1.29, 1.82) is 0 Å². The van der Waals surface area contributed by atoms with Crippen molar-refractivity contribution in [3.63, 3.8) is 0 Å². The topological polar surface area (TPSA) is 66.5 Å². The quantitative estimate of drug-likeness (QED) is 0.751. The van der Waals surface area contributed by atoms with Gasteiger partial charge in [0, 0.05) is 23.7 Å². The number of carbonyl (C=O) groups excluding carboxylic acids is 1.